The molecule has 2 rings (SSSR count). The predicted molar refractivity (Wildman–Crippen MR) is 83.3 cm³/mol. The molecule has 0 aliphatic heterocycles. The Hall–Kier alpha value is -2.48. The summed E-state index contributed by atoms with van der Waals surface area (Å²) in [7, 11) is 0.120. The maximum Gasteiger partial charge on any atom is 0.265 e. The van der Waals surface area contributed by atoms with E-state index in [1.807, 2.05) is 0 Å². The molecule has 8 heteroatoms. The molecule has 0 spiro atoms. The van der Waals surface area contributed by atoms with E-state index in [4.69, 9.17) is 14.2 Å². The Morgan fingerprint density at radius 1 is 0.913 bits per heavy atom. The Balaban J connectivity index is 2.45. The van der Waals surface area contributed by atoms with Gasteiger partial charge in [0.25, 0.3) is 10.0 Å². The van der Waals surface area contributed by atoms with Crippen molar-refractivity contribution in [3.8, 4) is 17.2 Å². The Morgan fingerprint density at radius 3 is 2.22 bits per heavy atom. The number of benzene rings is 2. The molecule has 0 amide bonds. The SMILES string of the molecule is COc1ccc(NS(=O)(=O)c2cc(F)ccc2OC)c(OC)c1. The number of halogens is 1. The molecule has 0 radical (unpaired) electrons. The van der Waals surface area contributed by atoms with Crippen LogP contribution in [0.2, 0.25) is 0 Å². The van der Waals surface area contributed by atoms with Gasteiger partial charge in [-0.2, -0.15) is 0 Å². The second kappa shape index (κ2) is 6.74. The van der Waals surface area contributed by atoms with Gasteiger partial charge < -0.3 is 14.2 Å². The van der Waals surface area contributed by atoms with Gasteiger partial charge in [-0.25, -0.2) is 12.8 Å². The molecule has 0 aromatic heterocycles. The first kappa shape index (κ1) is 16.9. The molecule has 0 heterocycles. The predicted octanol–water partition coefficient (Wildman–Crippen LogP) is 2.65. The van der Waals surface area contributed by atoms with Crippen molar-refractivity contribution in [2.45, 2.75) is 4.90 Å². The molecule has 0 unspecified atom stereocenters. The topological polar surface area (TPSA) is 73.9 Å². The van der Waals surface area contributed by atoms with Crippen LogP contribution in [0.1, 0.15) is 0 Å². The fraction of sp³-hybridized carbons (Fsp3) is 0.200. The number of methoxy groups -OCH3 is 3. The average molecular weight is 341 g/mol. The monoisotopic (exact) mass is 341 g/mol. The van der Waals surface area contributed by atoms with Crippen LogP contribution in [-0.2, 0) is 10.0 Å². The Bertz CT molecular complexity index is 808. The lowest BCUT2D eigenvalue weighted by Crippen LogP contribution is -2.15. The zero-order valence-corrected chi connectivity index (χ0v) is 13.6. The van der Waals surface area contributed by atoms with Gasteiger partial charge in [-0.15, -0.1) is 0 Å². The second-order valence-electron chi connectivity index (χ2n) is 4.47. The summed E-state index contributed by atoms with van der Waals surface area (Å²) in [5.41, 5.74) is 0.194. The van der Waals surface area contributed by atoms with Crippen molar-refractivity contribution in [3.05, 3.63) is 42.2 Å². The van der Waals surface area contributed by atoms with Crippen molar-refractivity contribution >= 4 is 15.7 Å². The highest BCUT2D eigenvalue weighted by atomic mass is 32.2. The summed E-state index contributed by atoms with van der Waals surface area (Å²) in [6.45, 7) is 0. The van der Waals surface area contributed by atoms with Crippen LogP contribution >= 0.6 is 0 Å². The number of hydrogen-bond acceptors (Lipinski definition) is 5. The molecule has 0 atom stereocenters. The highest BCUT2D eigenvalue weighted by molar-refractivity contribution is 7.92. The van der Waals surface area contributed by atoms with E-state index in [-0.39, 0.29) is 22.1 Å². The lowest BCUT2D eigenvalue weighted by atomic mass is 10.3. The van der Waals surface area contributed by atoms with Gasteiger partial charge in [-0.1, -0.05) is 0 Å². The van der Waals surface area contributed by atoms with E-state index in [2.05, 4.69) is 4.72 Å². The van der Waals surface area contributed by atoms with E-state index in [0.29, 0.717) is 5.75 Å². The maximum atomic E-state index is 13.4. The van der Waals surface area contributed by atoms with E-state index >= 15 is 0 Å². The van der Waals surface area contributed by atoms with Crippen LogP contribution in [0.3, 0.4) is 0 Å². The minimum atomic E-state index is -4.07. The second-order valence-corrected chi connectivity index (χ2v) is 6.12. The van der Waals surface area contributed by atoms with Crippen LogP contribution < -0.4 is 18.9 Å². The van der Waals surface area contributed by atoms with Crippen molar-refractivity contribution in [3.63, 3.8) is 0 Å². The minimum Gasteiger partial charge on any atom is -0.497 e. The van der Waals surface area contributed by atoms with Crippen LogP contribution in [0.5, 0.6) is 17.2 Å². The molecule has 124 valence electrons. The normalized spacial score (nSPS) is 11.0. The van der Waals surface area contributed by atoms with Crippen LogP contribution in [0, 0.1) is 5.82 Å². The standard InChI is InChI=1S/C15H16FNO5S/c1-20-11-5-6-12(14(9-11)22-3)17-23(18,19)15-8-10(16)4-7-13(15)21-2/h4-9,17H,1-3H3. The van der Waals surface area contributed by atoms with Crippen molar-refractivity contribution in [1.82, 2.24) is 0 Å². The molecule has 23 heavy (non-hydrogen) atoms. The molecule has 0 bridgehead atoms. The first-order chi connectivity index (χ1) is 10.9. The van der Waals surface area contributed by atoms with Gasteiger partial charge in [0.1, 0.15) is 28.0 Å². The van der Waals surface area contributed by atoms with Gasteiger partial charge in [0.05, 0.1) is 27.0 Å². The number of ether oxygens (including phenoxy) is 3. The van der Waals surface area contributed by atoms with E-state index < -0.39 is 15.8 Å². The third-order valence-corrected chi connectivity index (χ3v) is 4.45. The van der Waals surface area contributed by atoms with Gasteiger partial charge in [0.2, 0.25) is 0 Å². The van der Waals surface area contributed by atoms with Crippen molar-refractivity contribution in [2.75, 3.05) is 26.1 Å². The molecule has 0 aliphatic rings. The molecule has 0 aliphatic carbocycles. The number of sulfonamides is 1. The van der Waals surface area contributed by atoms with Crippen LogP contribution in [0.4, 0.5) is 10.1 Å². The number of nitrogens with one attached hydrogen (secondary N) is 1. The van der Waals surface area contributed by atoms with E-state index in [9.17, 15) is 12.8 Å². The van der Waals surface area contributed by atoms with E-state index in [1.54, 1.807) is 6.07 Å². The highest BCUT2D eigenvalue weighted by Crippen LogP contribution is 2.32. The van der Waals surface area contributed by atoms with Crippen LogP contribution in [0.15, 0.2) is 41.3 Å². The molecule has 2 aromatic carbocycles. The summed E-state index contributed by atoms with van der Waals surface area (Å²) >= 11 is 0. The molecule has 0 saturated heterocycles. The van der Waals surface area contributed by atoms with Crippen LogP contribution in [0.25, 0.3) is 0 Å². The Labute approximate surface area is 133 Å². The molecular weight excluding hydrogens is 325 g/mol. The Morgan fingerprint density at radius 2 is 1.61 bits per heavy atom. The fourth-order valence-electron chi connectivity index (χ4n) is 1.94. The maximum absolute atomic E-state index is 13.4. The molecule has 1 N–H and O–H groups in total. The summed E-state index contributed by atoms with van der Waals surface area (Å²) in [5.74, 6) is 0.121. The first-order valence-corrected chi connectivity index (χ1v) is 7.98. The molecule has 6 nitrogen and oxygen atoms in total. The lowest BCUT2D eigenvalue weighted by Gasteiger charge is -2.14. The smallest absolute Gasteiger partial charge is 0.265 e. The van der Waals surface area contributed by atoms with Crippen molar-refractivity contribution in [2.24, 2.45) is 0 Å². The highest BCUT2D eigenvalue weighted by Gasteiger charge is 2.22. The summed E-state index contributed by atoms with van der Waals surface area (Å²) < 4.78 is 56.0. The van der Waals surface area contributed by atoms with Gasteiger partial charge in [0.15, 0.2) is 0 Å². The lowest BCUT2D eigenvalue weighted by molar-refractivity contribution is 0.395. The third-order valence-electron chi connectivity index (χ3n) is 3.07. The minimum absolute atomic E-state index is 0.0337. The third kappa shape index (κ3) is 3.65. The zero-order chi connectivity index (χ0) is 17.0. The van der Waals surface area contributed by atoms with Gasteiger partial charge in [0, 0.05) is 6.07 Å². The fourth-order valence-corrected chi connectivity index (χ4v) is 3.20. The van der Waals surface area contributed by atoms with Gasteiger partial charge >= 0.3 is 0 Å². The summed E-state index contributed by atoms with van der Waals surface area (Å²) in [4.78, 5) is -0.308. The molecule has 2 aromatic rings. The average Bonchev–Trinajstić information content (AvgIpc) is 2.54. The molecule has 0 saturated carbocycles. The number of anilines is 1. The largest absolute Gasteiger partial charge is 0.497 e. The number of hydrogen-bond donors (Lipinski definition) is 1. The zero-order valence-electron chi connectivity index (χ0n) is 12.8. The summed E-state index contributed by atoms with van der Waals surface area (Å²) in [6, 6.07) is 7.84. The number of rotatable bonds is 6. The summed E-state index contributed by atoms with van der Waals surface area (Å²) in [6.07, 6.45) is 0. The Kier molecular flexibility index (Phi) is 4.95. The van der Waals surface area contributed by atoms with Gasteiger partial charge in [-0.05, 0) is 30.3 Å². The molecule has 0 fully saturated rings. The van der Waals surface area contributed by atoms with Crippen molar-refractivity contribution in [1.29, 1.82) is 0 Å². The first-order valence-electron chi connectivity index (χ1n) is 6.49. The summed E-state index contributed by atoms with van der Waals surface area (Å²) in [5, 5.41) is 0. The van der Waals surface area contributed by atoms with E-state index in [0.717, 1.165) is 12.1 Å². The molecular formula is C15H16FNO5S. The van der Waals surface area contributed by atoms with Crippen LogP contribution in [-0.4, -0.2) is 29.7 Å². The van der Waals surface area contributed by atoms with E-state index in [1.165, 1.54) is 39.5 Å². The quantitative estimate of drug-likeness (QED) is 0.874. The van der Waals surface area contributed by atoms with Crippen molar-refractivity contribution < 1.29 is 27.0 Å². The van der Waals surface area contributed by atoms with Gasteiger partial charge in [-0.3, -0.25) is 4.72 Å².